The second kappa shape index (κ2) is 4.35. The van der Waals surface area contributed by atoms with Gasteiger partial charge in [-0.25, -0.2) is 0 Å². The molecule has 88 valence electrons. The van der Waals surface area contributed by atoms with Crippen LogP contribution in [-0.2, 0) is 0 Å². The lowest BCUT2D eigenvalue weighted by Gasteiger charge is -2.24. The van der Waals surface area contributed by atoms with Crippen LogP contribution in [0.5, 0.6) is 0 Å². The minimum atomic E-state index is -0.431. The highest BCUT2D eigenvalue weighted by Gasteiger charge is 2.34. The molecule has 1 saturated heterocycles. The topological polar surface area (TPSA) is 49.5 Å². The van der Waals surface area contributed by atoms with Gasteiger partial charge in [0, 0.05) is 23.2 Å². The molecule has 0 spiro atoms. The Labute approximate surface area is 104 Å². The zero-order valence-electron chi connectivity index (χ0n) is 9.41. The van der Waals surface area contributed by atoms with Gasteiger partial charge in [0.1, 0.15) is 0 Å². The first-order chi connectivity index (χ1) is 7.54. The summed E-state index contributed by atoms with van der Waals surface area (Å²) in [6, 6.07) is 6.24. The molecular weight excluding hydrogens is 268 g/mol. The summed E-state index contributed by atoms with van der Waals surface area (Å²) >= 11 is 3.46. The van der Waals surface area contributed by atoms with Gasteiger partial charge in [0.2, 0.25) is 0 Å². The van der Waals surface area contributed by atoms with Crippen LogP contribution < -0.4 is 10.6 Å². The van der Waals surface area contributed by atoms with Crippen LogP contribution in [0.3, 0.4) is 0 Å². The van der Waals surface area contributed by atoms with E-state index in [1.807, 2.05) is 6.07 Å². The fourth-order valence-corrected chi connectivity index (χ4v) is 2.68. The summed E-state index contributed by atoms with van der Waals surface area (Å²) in [5, 5.41) is 9.24. The van der Waals surface area contributed by atoms with Crippen LogP contribution in [0.1, 0.15) is 12.0 Å². The fourth-order valence-electron chi connectivity index (χ4n) is 2.20. The van der Waals surface area contributed by atoms with Crippen molar-refractivity contribution in [1.29, 1.82) is 0 Å². The number of aliphatic hydroxyl groups excluding tert-OH is 1. The number of nitrogens with two attached hydrogens (primary N) is 1. The van der Waals surface area contributed by atoms with Gasteiger partial charge >= 0.3 is 0 Å². The number of hydrogen-bond acceptors (Lipinski definition) is 3. The average Bonchev–Trinajstić information content (AvgIpc) is 2.62. The van der Waals surface area contributed by atoms with Crippen LogP contribution in [0.25, 0.3) is 0 Å². The molecule has 0 amide bonds. The van der Waals surface area contributed by atoms with E-state index in [9.17, 15) is 5.11 Å². The first kappa shape index (κ1) is 11.9. The third-order valence-corrected chi connectivity index (χ3v) is 3.69. The lowest BCUT2D eigenvalue weighted by atomic mass is 10.0. The minimum absolute atomic E-state index is 0.0546. The Hall–Kier alpha value is -0.580. The van der Waals surface area contributed by atoms with E-state index >= 15 is 0 Å². The molecule has 0 bridgehead atoms. The van der Waals surface area contributed by atoms with Crippen molar-refractivity contribution in [1.82, 2.24) is 0 Å². The van der Waals surface area contributed by atoms with E-state index in [2.05, 4.69) is 39.9 Å². The van der Waals surface area contributed by atoms with Crippen molar-refractivity contribution in [3.8, 4) is 0 Å². The Morgan fingerprint density at radius 3 is 2.88 bits per heavy atom. The summed E-state index contributed by atoms with van der Waals surface area (Å²) in [7, 11) is 0. The standard InChI is InChI=1S/C12H17BrN2O/c1-9-6-10(13)2-3-11(9)15-5-4-12(14,7-15)8-16/h2-3,6,16H,4-5,7-8,14H2,1H3. The van der Waals surface area contributed by atoms with Crippen LogP contribution in [-0.4, -0.2) is 30.3 Å². The zero-order chi connectivity index (χ0) is 11.8. The van der Waals surface area contributed by atoms with E-state index in [4.69, 9.17) is 5.73 Å². The SMILES string of the molecule is Cc1cc(Br)ccc1N1CCC(N)(CO)C1. The normalized spacial score (nSPS) is 25.1. The minimum Gasteiger partial charge on any atom is -0.394 e. The summed E-state index contributed by atoms with van der Waals surface area (Å²) in [5.41, 5.74) is 8.08. The number of benzene rings is 1. The molecule has 2 rings (SSSR count). The molecule has 1 aliphatic rings. The summed E-state index contributed by atoms with van der Waals surface area (Å²) in [4.78, 5) is 2.25. The van der Waals surface area contributed by atoms with Crippen molar-refractivity contribution < 1.29 is 5.11 Å². The molecule has 0 radical (unpaired) electrons. The highest BCUT2D eigenvalue weighted by molar-refractivity contribution is 9.10. The average molecular weight is 285 g/mol. The number of aliphatic hydroxyl groups is 1. The Morgan fingerprint density at radius 2 is 2.31 bits per heavy atom. The number of aryl methyl sites for hydroxylation is 1. The van der Waals surface area contributed by atoms with E-state index in [-0.39, 0.29) is 6.61 Å². The van der Waals surface area contributed by atoms with Gasteiger partial charge in [-0.2, -0.15) is 0 Å². The van der Waals surface area contributed by atoms with Crippen LogP contribution in [0.2, 0.25) is 0 Å². The number of nitrogens with zero attached hydrogens (tertiary/aromatic N) is 1. The van der Waals surface area contributed by atoms with Crippen LogP contribution in [0, 0.1) is 6.92 Å². The Balaban J connectivity index is 2.21. The van der Waals surface area contributed by atoms with Crippen molar-refractivity contribution in [2.75, 3.05) is 24.6 Å². The van der Waals surface area contributed by atoms with E-state index in [1.54, 1.807) is 0 Å². The molecular formula is C12H17BrN2O. The molecule has 0 saturated carbocycles. The quantitative estimate of drug-likeness (QED) is 0.869. The lowest BCUT2D eigenvalue weighted by molar-refractivity contribution is 0.210. The molecule has 3 nitrogen and oxygen atoms in total. The Kier molecular flexibility index (Phi) is 3.24. The molecule has 1 aliphatic heterocycles. The predicted octanol–water partition coefficient (Wildman–Crippen LogP) is 1.66. The molecule has 0 aliphatic carbocycles. The first-order valence-electron chi connectivity index (χ1n) is 5.45. The van der Waals surface area contributed by atoms with Gasteiger partial charge in [0.15, 0.2) is 0 Å². The van der Waals surface area contributed by atoms with Crippen LogP contribution in [0.15, 0.2) is 22.7 Å². The second-order valence-electron chi connectivity index (χ2n) is 4.62. The maximum atomic E-state index is 9.24. The monoisotopic (exact) mass is 284 g/mol. The molecule has 1 fully saturated rings. The molecule has 1 aromatic carbocycles. The molecule has 3 N–H and O–H groups in total. The first-order valence-corrected chi connectivity index (χ1v) is 6.24. The second-order valence-corrected chi connectivity index (χ2v) is 5.54. The molecule has 16 heavy (non-hydrogen) atoms. The van der Waals surface area contributed by atoms with Crippen molar-refractivity contribution in [2.24, 2.45) is 5.73 Å². The van der Waals surface area contributed by atoms with Crippen LogP contribution in [0.4, 0.5) is 5.69 Å². The molecule has 1 heterocycles. The van der Waals surface area contributed by atoms with Crippen molar-refractivity contribution in [3.05, 3.63) is 28.2 Å². The summed E-state index contributed by atoms with van der Waals surface area (Å²) in [5.74, 6) is 0. The van der Waals surface area contributed by atoms with Crippen molar-refractivity contribution in [2.45, 2.75) is 18.9 Å². The highest BCUT2D eigenvalue weighted by atomic mass is 79.9. The molecule has 1 aromatic rings. The van der Waals surface area contributed by atoms with Gasteiger partial charge in [-0.1, -0.05) is 15.9 Å². The largest absolute Gasteiger partial charge is 0.394 e. The van der Waals surface area contributed by atoms with Gasteiger partial charge < -0.3 is 15.7 Å². The van der Waals surface area contributed by atoms with Crippen molar-refractivity contribution in [3.63, 3.8) is 0 Å². The van der Waals surface area contributed by atoms with E-state index in [1.165, 1.54) is 11.3 Å². The number of halogens is 1. The maximum absolute atomic E-state index is 9.24. The number of hydrogen-bond donors (Lipinski definition) is 2. The smallest absolute Gasteiger partial charge is 0.0629 e. The van der Waals surface area contributed by atoms with Gasteiger partial charge in [-0.3, -0.25) is 0 Å². The van der Waals surface area contributed by atoms with Crippen molar-refractivity contribution >= 4 is 21.6 Å². The number of rotatable bonds is 2. The summed E-state index contributed by atoms with van der Waals surface area (Å²) in [6.07, 6.45) is 0.846. The maximum Gasteiger partial charge on any atom is 0.0629 e. The molecule has 1 unspecified atom stereocenters. The molecule has 0 aromatic heterocycles. The summed E-state index contributed by atoms with van der Waals surface area (Å²) in [6.45, 7) is 3.79. The third kappa shape index (κ3) is 2.24. The van der Waals surface area contributed by atoms with E-state index in [0.717, 1.165) is 24.0 Å². The van der Waals surface area contributed by atoms with Crippen LogP contribution >= 0.6 is 15.9 Å². The van der Waals surface area contributed by atoms with Gasteiger partial charge in [-0.15, -0.1) is 0 Å². The highest BCUT2D eigenvalue weighted by Crippen LogP contribution is 2.29. The van der Waals surface area contributed by atoms with Gasteiger partial charge in [-0.05, 0) is 37.1 Å². The Bertz CT molecular complexity index is 397. The predicted molar refractivity (Wildman–Crippen MR) is 69.7 cm³/mol. The van der Waals surface area contributed by atoms with Gasteiger partial charge in [0.25, 0.3) is 0 Å². The Morgan fingerprint density at radius 1 is 1.56 bits per heavy atom. The van der Waals surface area contributed by atoms with E-state index in [0.29, 0.717) is 0 Å². The molecule has 1 atom stereocenters. The van der Waals surface area contributed by atoms with Gasteiger partial charge in [0.05, 0.1) is 12.1 Å². The lowest BCUT2D eigenvalue weighted by Crippen LogP contribution is -2.46. The van der Waals surface area contributed by atoms with E-state index < -0.39 is 5.54 Å². The molecule has 4 heteroatoms. The zero-order valence-corrected chi connectivity index (χ0v) is 11.0. The summed E-state index contributed by atoms with van der Waals surface area (Å²) < 4.78 is 1.09. The number of anilines is 1. The fraction of sp³-hybridized carbons (Fsp3) is 0.500. The third-order valence-electron chi connectivity index (χ3n) is 3.20.